The van der Waals surface area contributed by atoms with E-state index in [2.05, 4.69) is 16.6 Å². The third-order valence-electron chi connectivity index (χ3n) is 3.52. The Morgan fingerprint density at radius 1 is 1.00 bits per heavy atom. The van der Waals surface area contributed by atoms with E-state index in [-0.39, 0.29) is 6.61 Å². The van der Waals surface area contributed by atoms with Crippen LogP contribution < -0.4 is 4.74 Å². The number of carbonyl (C=O) groups excluding carboxylic acids is 1. The summed E-state index contributed by atoms with van der Waals surface area (Å²) in [6, 6.07) is 10.0. The second-order valence-electron chi connectivity index (χ2n) is 5.10. The van der Waals surface area contributed by atoms with Gasteiger partial charge in [0.05, 0.1) is 18.5 Å². The van der Waals surface area contributed by atoms with Crippen LogP contribution in [-0.4, -0.2) is 29.7 Å². The van der Waals surface area contributed by atoms with Gasteiger partial charge in [-0.2, -0.15) is 0 Å². The molecule has 0 saturated heterocycles. The van der Waals surface area contributed by atoms with Gasteiger partial charge < -0.3 is 9.47 Å². The van der Waals surface area contributed by atoms with Crippen LogP contribution in [0.5, 0.6) is 5.88 Å². The fraction of sp³-hybridized carbons (Fsp3) is 0.389. The van der Waals surface area contributed by atoms with E-state index in [0.29, 0.717) is 12.3 Å². The van der Waals surface area contributed by atoms with E-state index >= 15 is 0 Å². The monoisotopic (exact) mass is 314 g/mol. The average molecular weight is 314 g/mol. The lowest BCUT2D eigenvalue weighted by Crippen LogP contribution is -2.16. The summed E-state index contributed by atoms with van der Waals surface area (Å²) < 4.78 is 10.2. The number of aryl methyl sites for hydroxylation is 2. The van der Waals surface area contributed by atoms with E-state index in [1.807, 2.05) is 37.3 Å². The molecule has 2 rings (SSSR count). The van der Waals surface area contributed by atoms with Gasteiger partial charge in [0.25, 0.3) is 0 Å². The highest BCUT2D eigenvalue weighted by Crippen LogP contribution is 2.21. The van der Waals surface area contributed by atoms with E-state index in [1.54, 1.807) is 0 Å². The molecule has 2 aromatic rings. The first-order valence-electron chi connectivity index (χ1n) is 7.80. The quantitative estimate of drug-likeness (QED) is 0.735. The molecule has 0 atom stereocenters. The third-order valence-corrected chi connectivity index (χ3v) is 3.52. The number of carbonyl (C=O) groups is 1. The molecule has 0 aliphatic carbocycles. The molecule has 0 unspecified atom stereocenters. The minimum Gasteiger partial charge on any atom is -0.466 e. The Morgan fingerprint density at radius 3 is 2.26 bits per heavy atom. The van der Waals surface area contributed by atoms with E-state index < -0.39 is 5.97 Å². The molecule has 0 aliphatic rings. The van der Waals surface area contributed by atoms with Gasteiger partial charge in [0.15, 0.2) is 6.61 Å². The maximum Gasteiger partial charge on any atom is 0.343 e. The number of hydrogen-bond donors (Lipinski definition) is 0. The lowest BCUT2D eigenvalue weighted by molar-refractivity contribution is -0.143. The van der Waals surface area contributed by atoms with Crippen LogP contribution >= 0.6 is 0 Å². The van der Waals surface area contributed by atoms with Crippen molar-refractivity contribution in [1.82, 2.24) is 9.97 Å². The molecule has 0 N–H and O–H groups in total. The summed E-state index contributed by atoms with van der Waals surface area (Å²) in [4.78, 5) is 20.6. The number of hydrogen-bond acceptors (Lipinski definition) is 5. The first-order chi connectivity index (χ1) is 11.2. The molecule has 5 heteroatoms. The zero-order chi connectivity index (χ0) is 16.7. The molecule has 0 spiro atoms. The maximum absolute atomic E-state index is 11.3. The van der Waals surface area contributed by atoms with Crippen LogP contribution in [0.1, 0.15) is 36.5 Å². The number of aromatic nitrogens is 2. The summed E-state index contributed by atoms with van der Waals surface area (Å²) in [5.41, 5.74) is 3.75. The van der Waals surface area contributed by atoms with Crippen molar-refractivity contribution in [3.8, 4) is 5.88 Å². The van der Waals surface area contributed by atoms with Gasteiger partial charge in [-0.05, 0) is 18.4 Å². The molecule has 1 aromatic heterocycles. The van der Waals surface area contributed by atoms with Crippen molar-refractivity contribution < 1.29 is 14.3 Å². The van der Waals surface area contributed by atoms with Gasteiger partial charge in [0, 0.05) is 6.42 Å². The number of esters is 1. The number of rotatable bonds is 7. The zero-order valence-electron chi connectivity index (χ0n) is 13.8. The highest BCUT2D eigenvalue weighted by molar-refractivity contribution is 5.70. The fourth-order valence-corrected chi connectivity index (χ4v) is 2.30. The molecule has 122 valence electrons. The molecule has 0 fully saturated rings. The molecule has 23 heavy (non-hydrogen) atoms. The standard InChI is InChI=1S/C18H22N2O3/c1-4-14-15(5-2)20-18(23-12-17(21)22-3)16(19-14)11-13-9-7-6-8-10-13/h6-10H,4-5,11-12H2,1-3H3. The van der Waals surface area contributed by atoms with Crippen molar-refractivity contribution in [3.05, 3.63) is 53.0 Å². The summed E-state index contributed by atoms with van der Waals surface area (Å²) >= 11 is 0. The molecule has 0 saturated carbocycles. The number of methoxy groups -OCH3 is 1. The molecule has 5 nitrogen and oxygen atoms in total. The van der Waals surface area contributed by atoms with E-state index in [9.17, 15) is 4.79 Å². The van der Waals surface area contributed by atoms with Gasteiger partial charge in [-0.15, -0.1) is 0 Å². The Labute approximate surface area is 136 Å². The second-order valence-corrected chi connectivity index (χ2v) is 5.10. The predicted octanol–water partition coefficient (Wildman–Crippen LogP) is 2.74. The lowest BCUT2D eigenvalue weighted by atomic mass is 10.1. The fourth-order valence-electron chi connectivity index (χ4n) is 2.30. The van der Waals surface area contributed by atoms with Crippen LogP contribution in [0.4, 0.5) is 0 Å². The molecule has 0 aliphatic heterocycles. The first kappa shape index (κ1) is 16.9. The highest BCUT2D eigenvalue weighted by Gasteiger charge is 2.15. The molecular formula is C18H22N2O3. The van der Waals surface area contributed by atoms with Crippen molar-refractivity contribution in [3.63, 3.8) is 0 Å². The molecule has 0 bridgehead atoms. The van der Waals surface area contributed by atoms with Gasteiger partial charge in [-0.25, -0.2) is 14.8 Å². The van der Waals surface area contributed by atoms with Crippen molar-refractivity contribution in [1.29, 1.82) is 0 Å². The summed E-state index contributed by atoms with van der Waals surface area (Å²) in [5.74, 6) is -0.0246. The van der Waals surface area contributed by atoms with Crippen LogP contribution in [0.3, 0.4) is 0 Å². The van der Waals surface area contributed by atoms with Gasteiger partial charge >= 0.3 is 5.97 Å². The summed E-state index contributed by atoms with van der Waals surface area (Å²) in [5, 5.41) is 0. The highest BCUT2D eigenvalue weighted by atomic mass is 16.6. The number of nitrogens with zero attached hydrogens (tertiary/aromatic N) is 2. The van der Waals surface area contributed by atoms with Crippen LogP contribution in [0.25, 0.3) is 0 Å². The molecular weight excluding hydrogens is 292 g/mol. The van der Waals surface area contributed by atoms with E-state index in [4.69, 9.17) is 9.72 Å². The van der Waals surface area contributed by atoms with Gasteiger partial charge in [-0.3, -0.25) is 0 Å². The maximum atomic E-state index is 11.3. The summed E-state index contributed by atoms with van der Waals surface area (Å²) in [6.45, 7) is 3.93. The third kappa shape index (κ3) is 4.52. The number of benzene rings is 1. The SMILES string of the molecule is CCc1nc(Cc2ccccc2)c(OCC(=O)OC)nc1CC. The molecule has 0 amide bonds. The lowest BCUT2D eigenvalue weighted by Gasteiger charge is -2.13. The normalized spacial score (nSPS) is 10.4. The van der Waals surface area contributed by atoms with Crippen LogP contribution in [0.15, 0.2) is 30.3 Å². The Morgan fingerprint density at radius 2 is 1.65 bits per heavy atom. The molecule has 1 heterocycles. The van der Waals surface area contributed by atoms with E-state index in [0.717, 1.165) is 35.5 Å². The second kappa shape index (κ2) is 8.27. The van der Waals surface area contributed by atoms with Crippen LogP contribution in [0, 0.1) is 0 Å². The Kier molecular flexibility index (Phi) is 6.09. The van der Waals surface area contributed by atoms with Crippen molar-refractivity contribution >= 4 is 5.97 Å². The molecule has 0 radical (unpaired) electrons. The summed E-state index contributed by atoms with van der Waals surface area (Å²) in [7, 11) is 1.33. The summed E-state index contributed by atoms with van der Waals surface area (Å²) in [6.07, 6.45) is 2.20. The van der Waals surface area contributed by atoms with Crippen LogP contribution in [-0.2, 0) is 28.8 Å². The predicted molar refractivity (Wildman–Crippen MR) is 87.5 cm³/mol. The largest absolute Gasteiger partial charge is 0.466 e. The van der Waals surface area contributed by atoms with Crippen LogP contribution in [0.2, 0.25) is 0 Å². The van der Waals surface area contributed by atoms with Gasteiger partial charge in [-0.1, -0.05) is 44.2 Å². The minimum atomic E-state index is -0.435. The average Bonchev–Trinajstić information content (AvgIpc) is 2.60. The Bertz CT molecular complexity index is 657. The Hall–Kier alpha value is -2.43. The van der Waals surface area contributed by atoms with Crippen molar-refractivity contribution in [2.45, 2.75) is 33.1 Å². The molecule has 1 aromatic carbocycles. The van der Waals surface area contributed by atoms with Crippen molar-refractivity contribution in [2.75, 3.05) is 13.7 Å². The Balaban J connectivity index is 2.33. The smallest absolute Gasteiger partial charge is 0.343 e. The van der Waals surface area contributed by atoms with E-state index in [1.165, 1.54) is 7.11 Å². The van der Waals surface area contributed by atoms with Gasteiger partial charge in [0.2, 0.25) is 5.88 Å². The zero-order valence-corrected chi connectivity index (χ0v) is 13.8. The first-order valence-corrected chi connectivity index (χ1v) is 7.80. The minimum absolute atomic E-state index is 0.165. The topological polar surface area (TPSA) is 61.3 Å². The van der Waals surface area contributed by atoms with Gasteiger partial charge in [0.1, 0.15) is 5.69 Å². The van der Waals surface area contributed by atoms with Crippen molar-refractivity contribution in [2.24, 2.45) is 0 Å². The number of ether oxygens (including phenoxy) is 2.